The molecule has 0 amide bonds. The summed E-state index contributed by atoms with van der Waals surface area (Å²) in [6, 6.07) is 0. The summed E-state index contributed by atoms with van der Waals surface area (Å²) < 4.78 is 0. The Hall–Kier alpha value is 0.210. The van der Waals surface area contributed by atoms with Gasteiger partial charge < -0.3 is 11.1 Å². The standard InChI is InChI=1S/C9H20N2.ClH/c10-6-2-1-4-9-5-3-7-11-8-9;/h9,11H,1-8,10H2;1H. The molecule has 0 bridgehead atoms. The zero-order valence-corrected chi connectivity index (χ0v) is 8.54. The number of nitrogens with two attached hydrogens (primary N) is 1. The van der Waals surface area contributed by atoms with Gasteiger partial charge in [0.05, 0.1) is 0 Å². The predicted molar refractivity (Wildman–Crippen MR) is 55.7 cm³/mol. The second kappa shape index (κ2) is 7.84. The molecule has 2 nitrogen and oxygen atoms in total. The minimum absolute atomic E-state index is 0. The van der Waals surface area contributed by atoms with Crippen molar-refractivity contribution in [1.82, 2.24) is 5.32 Å². The average Bonchev–Trinajstić information content (AvgIpc) is 2.07. The monoisotopic (exact) mass is 192 g/mol. The maximum Gasteiger partial charge on any atom is -0.00205 e. The molecule has 1 rings (SSSR count). The Labute approximate surface area is 81.7 Å². The summed E-state index contributed by atoms with van der Waals surface area (Å²) in [5.41, 5.74) is 5.43. The minimum atomic E-state index is 0. The van der Waals surface area contributed by atoms with E-state index in [0.717, 1.165) is 12.5 Å². The van der Waals surface area contributed by atoms with Gasteiger partial charge in [-0.1, -0.05) is 6.42 Å². The van der Waals surface area contributed by atoms with Crippen LogP contribution < -0.4 is 11.1 Å². The van der Waals surface area contributed by atoms with Crippen molar-refractivity contribution < 1.29 is 0 Å². The summed E-state index contributed by atoms with van der Waals surface area (Å²) in [4.78, 5) is 0. The molecule has 0 aromatic heterocycles. The van der Waals surface area contributed by atoms with E-state index in [1.165, 1.54) is 45.2 Å². The lowest BCUT2D eigenvalue weighted by Gasteiger charge is -2.22. The lowest BCUT2D eigenvalue weighted by atomic mass is 9.94. The van der Waals surface area contributed by atoms with Gasteiger partial charge in [-0.3, -0.25) is 0 Å². The van der Waals surface area contributed by atoms with Crippen LogP contribution in [0, 0.1) is 5.92 Å². The van der Waals surface area contributed by atoms with Gasteiger partial charge in [0, 0.05) is 0 Å². The molecule has 1 fully saturated rings. The summed E-state index contributed by atoms with van der Waals surface area (Å²) in [5, 5.41) is 3.43. The number of rotatable bonds is 4. The summed E-state index contributed by atoms with van der Waals surface area (Å²) in [7, 11) is 0. The van der Waals surface area contributed by atoms with Gasteiger partial charge in [0.25, 0.3) is 0 Å². The molecule has 0 radical (unpaired) electrons. The van der Waals surface area contributed by atoms with Crippen LogP contribution in [0.2, 0.25) is 0 Å². The van der Waals surface area contributed by atoms with E-state index in [1.54, 1.807) is 0 Å². The molecular weight excluding hydrogens is 172 g/mol. The molecule has 3 heteroatoms. The molecule has 0 saturated carbocycles. The largest absolute Gasteiger partial charge is 0.330 e. The van der Waals surface area contributed by atoms with E-state index in [2.05, 4.69) is 5.32 Å². The van der Waals surface area contributed by atoms with Gasteiger partial charge in [0.15, 0.2) is 0 Å². The van der Waals surface area contributed by atoms with E-state index in [1.807, 2.05) is 0 Å². The van der Waals surface area contributed by atoms with Crippen LogP contribution in [0.3, 0.4) is 0 Å². The Balaban J connectivity index is 0.00000121. The van der Waals surface area contributed by atoms with Crippen molar-refractivity contribution in [2.45, 2.75) is 32.1 Å². The second-order valence-electron chi connectivity index (χ2n) is 3.50. The topological polar surface area (TPSA) is 38.0 Å². The van der Waals surface area contributed by atoms with Gasteiger partial charge in [-0.15, -0.1) is 12.4 Å². The summed E-state index contributed by atoms with van der Waals surface area (Å²) in [5.74, 6) is 0.940. The molecule has 1 aliphatic heterocycles. The van der Waals surface area contributed by atoms with Crippen LogP contribution in [-0.4, -0.2) is 19.6 Å². The number of unbranched alkanes of at least 4 members (excludes halogenated alkanes) is 1. The van der Waals surface area contributed by atoms with Gasteiger partial charge in [0.2, 0.25) is 0 Å². The molecular formula is C9H21ClN2. The molecule has 0 spiro atoms. The second-order valence-corrected chi connectivity index (χ2v) is 3.50. The van der Waals surface area contributed by atoms with Crippen LogP contribution >= 0.6 is 12.4 Å². The molecule has 0 aromatic carbocycles. The number of piperidine rings is 1. The number of hydrogen-bond acceptors (Lipinski definition) is 2. The summed E-state index contributed by atoms with van der Waals surface area (Å²) in [6.45, 7) is 3.33. The fourth-order valence-electron chi connectivity index (χ4n) is 1.75. The van der Waals surface area contributed by atoms with Gasteiger partial charge >= 0.3 is 0 Å². The molecule has 1 atom stereocenters. The first-order valence-corrected chi connectivity index (χ1v) is 4.84. The van der Waals surface area contributed by atoms with Gasteiger partial charge in [-0.2, -0.15) is 0 Å². The molecule has 1 heterocycles. The highest BCUT2D eigenvalue weighted by atomic mass is 35.5. The number of hydrogen-bond donors (Lipinski definition) is 2. The quantitative estimate of drug-likeness (QED) is 0.664. The molecule has 1 unspecified atom stereocenters. The highest BCUT2D eigenvalue weighted by Crippen LogP contribution is 2.16. The maximum absolute atomic E-state index is 5.43. The zero-order chi connectivity index (χ0) is 7.94. The fourth-order valence-corrected chi connectivity index (χ4v) is 1.75. The van der Waals surface area contributed by atoms with Crippen molar-refractivity contribution >= 4 is 12.4 Å². The molecule has 0 aromatic rings. The summed E-state index contributed by atoms with van der Waals surface area (Å²) in [6.07, 6.45) is 6.70. The van der Waals surface area contributed by atoms with Crippen molar-refractivity contribution in [1.29, 1.82) is 0 Å². The average molecular weight is 193 g/mol. The van der Waals surface area contributed by atoms with E-state index in [-0.39, 0.29) is 12.4 Å². The fraction of sp³-hybridized carbons (Fsp3) is 1.00. The molecule has 0 aliphatic carbocycles. The third-order valence-corrected chi connectivity index (χ3v) is 2.47. The first-order valence-electron chi connectivity index (χ1n) is 4.84. The highest BCUT2D eigenvalue weighted by Gasteiger charge is 2.11. The molecule has 12 heavy (non-hydrogen) atoms. The lowest BCUT2D eigenvalue weighted by Crippen LogP contribution is -2.29. The van der Waals surface area contributed by atoms with Crippen LogP contribution in [0.4, 0.5) is 0 Å². The lowest BCUT2D eigenvalue weighted by molar-refractivity contribution is 0.348. The Bertz CT molecular complexity index is 92.5. The van der Waals surface area contributed by atoms with E-state index in [4.69, 9.17) is 5.73 Å². The molecule has 3 N–H and O–H groups in total. The third-order valence-electron chi connectivity index (χ3n) is 2.47. The van der Waals surface area contributed by atoms with Gasteiger partial charge in [-0.05, 0) is 51.2 Å². The third kappa shape index (κ3) is 4.96. The van der Waals surface area contributed by atoms with Crippen molar-refractivity contribution in [2.75, 3.05) is 19.6 Å². The Morgan fingerprint density at radius 1 is 1.33 bits per heavy atom. The Kier molecular flexibility index (Phi) is 7.98. The van der Waals surface area contributed by atoms with Crippen molar-refractivity contribution in [3.63, 3.8) is 0 Å². The predicted octanol–water partition coefficient (Wildman–Crippen LogP) is 1.54. The Morgan fingerprint density at radius 3 is 2.75 bits per heavy atom. The molecule has 1 aliphatic rings. The van der Waals surface area contributed by atoms with Gasteiger partial charge in [-0.25, -0.2) is 0 Å². The zero-order valence-electron chi connectivity index (χ0n) is 7.72. The van der Waals surface area contributed by atoms with E-state index in [9.17, 15) is 0 Å². The number of halogens is 1. The van der Waals surface area contributed by atoms with E-state index < -0.39 is 0 Å². The van der Waals surface area contributed by atoms with Crippen LogP contribution in [0.1, 0.15) is 32.1 Å². The van der Waals surface area contributed by atoms with Crippen LogP contribution in [0.5, 0.6) is 0 Å². The van der Waals surface area contributed by atoms with Crippen LogP contribution in [0.25, 0.3) is 0 Å². The van der Waals surface area contributed by atoms with Crippen LogP contribution in [0.15, 0.2) is 0 Å². The first kappa shape index (κ1) is 12.2. The SMILES string of the molecule is Cl.NCCCCC1CCCNC1. The van der Waals surface area contributed by atoms with Crippen molar-refractivity contribution in [3.05, 3.63) is 0 Å². The number of nitrogens with one attached hydrogen (secondary N) is 1. The minimum Gasteiger partial charge on any atom is -0.330 e. The van der Waals surface area contributed by atoms with E-state index in [0.29, 0.717) is 0 Å². The van der Waals surface area contributed by atoms with Crippen molar-refractivity contribution in [2.24, 2.45) is 11.7 Å². The maximum atomic E-state index is 5.43. The van der Waals surface area contributed by atoms with Crippen LogP contribution in [-0.2, 0) is 0 Å². The summed E-state index contributed by atoms with van der Waals surface area (Å²) >= 11 is 0. The highest BCUT2D eigenvalue weighted by molar-refractivity contribution is 5.85. The van der Waals surface area contributed by atoms with Crippen molar-refractivity contribution in [3.8, 4) is 0 Å². The first-order chi connectivity index (χ1) is 5.43. The van der Waals surface area contributed by atoms with E-state index >= 15 is 0 Å². The molecule has 1 saturated heterocycles. The van der Waals surface area contributed by atoms with Gasteiger partial charge in [0.1, 0.15) is 0 Å². The normalized spacial score (nSPS) is 23.2. The smallest absolute Gasteiger partial charge is 0.00205 e. The Morgan fingerprint density at radius 2 is 2.17 bits per heavy atom. The molecule has 74 valence electrons.